The summed E-state index contributed by atoms with van der Waals surface area (Å²) in [7, 11) is 0. The lowest BCUT2D eigenvalue weighted by Crippen LogP contribution is -2.29. The average Bonchev–Trinajstić information content (AvgIpc) is 3.94. The summed E-state index contributed by atoms with van der Waals surface area (Å²) in [5, 5.41) is 2.49. The molecule has 1 atom stereocenters. The number of nitrogens with zero attached hydrogens (tertiary/aromatic N) is 2. The molecule has 0 radical (unpaired) electrons. The zero-order valence-electron chi connectivity index (χ0n) is 38.6. The van der Waals surface area contributed by atoms with Crippen LogP contribution in [0.4, 0.5) is 11.4 Å². The summed E-state index contributed by atoms with van der Waals surface area (Å²) in [6.07, 6.45) is 0. The average molecular weight is 893 g/mol. The molecule has 13 rings (SSSR count). The molecule has 0 spiro atoms. The van der Waals surface area contributed by atoms with Crippen molar-refractivity contribution in [1.29, 1.82) is 0 Å². The van der Waals surface area contributed by atoms with Crippen LogP contribution in [0.5, 0.6) is 0 Å². The van der Waals surface area contributed by atoms with Crippen LogP contribution in [0.3, 0.4) is 0 Å². The van der Waals surface area contributed by atoms with E-state index >= 15 is 0 Å². The molecular formula is C68H48N2. The van der Waals surface area contributed by atoms with E-state index in [1.807, 2.05) is 0 Å². The standard InChI is InChI=1S/C68H48N2/c1-6-20-48(21-7-1)49-38-41-57(42-39-49)69(58-43-44-60-59-30-16-18-32-63(59)68(64(60)47-58,54-24-10-3-11-25-54)55-26-12-4-13-27-55)67(51-22-8-2-9-23-51)52-36-34-50(35-37-52)53-40-45-66-62(46-53)61-31-17-19-33-65(61)70(66)56-28-14-5-15-29-56/h1-47,67H. The summed E-state index contributed by atoms with van der Waals surface area (Å²) < 4.78 is 2.38. The van der Waals surface area contributed by atoms with Crippen molar-refractivity contribution in [3.63, 3.8) is 0 Å². The minimum atomic E-state index is -0.536. The third-order valence-electron chi connectivity index (χ3n) is 14.6. The number of para-hydroxylation sites is 2. The van der Waals surface area contributed by atoms with Crippen molar-refractivity contribution in [2.24, 2.45) is 0 Å². The van der Waals surface area contributed by atoms with Crippen LogP contribution in [0.15, 0.2) is 285 Å². The molecule has 0 saturated heterocycles. The number of anilines is 2. The molecule has 1 aliphatic carbocycles. The van der Waals surface area contributed by atoms with Gasteiger partial charge in [-0.3, -0.25) is 0 Å². The van der Waals surface area contributed by atoms with E-state index in [4.69, 9.17) is 0 Å². The first-order chi connectivity index (χ1) is 34.7. The van der Waals surface area contributed by atoms with E-state index in [0.29, 0.717) is 0 Å². The van der Waals surface area contributed by atoms with Gasteiger partial charge in [-0.1, -0.05) is 231 Å². The van der Waals surface area contributed by atoms with E-state index in [2.05, 4.69) is 295 Å². The van der Waals surface area contributed by atoms with Crippen LogP contribution in [0.1, 0.15) is 39.4 Å². The minimum Gasteiger partial charge on any atom is -0.330 e. The van der Waals surface area contributed by atoms with Gasteiger partial charge in [0.15, 0.2) is 0 Å². The molecule has 330 valence electrons. The number of aromatic nitrogens is 1. The Morgan fingerprint density at radius 2 is 0.800 bits per heavy atom. The van der Waals surface area contributed by atoms with Crippen molar-refractivity contribution in [2.75, 3.05) is 4.90 Å². The second kappa shape index (κ2) is 17.3. The summed E-state index contributed by atoms with van der Waals surface area (Å²) in [6, 6.07) is 105. The van der Waals surface area contributed by atoms with Crippen LogP contribution >= 0.6 is 0 Å². The summed E-state index contributed by atoms with van der Waals surface area (Å²) in [6.45, 7) is 0. The smallest absolute Gasteiger partial charge is 0.0844 e. The lowest BCUT2D eigenvalue weighted by molar-refractivity contribution is 0.764. The highest BCUT2D eigenvalue weighted by molar-refractivity contribution is 6.10. The number of hydrogen-bond acceptors (Lipinski definition) is 1. The first-order valence-corrected chi connectivity index (χ1v) is 24.3. The van der Waals surface area contributed by atoms with Gasteiger partial charge in [-0.25, -0.2) is 0 Å². The first-order valence-electron chi connectivity index (χ1n) is 24.3. The number of rotatable bonds is 10. The molecule has 2 heteroatoms. The van der Waals surface area contributed by atoms with Gasteiger partial charge in [-0.2, -0.15) is 0 Å². The molecule has 0 fully saturated rings. The van der Waals surface area contributed by atoms with E-state index in [9.17, 15) is 0 Å². The molecule has 0 saturated carbocycles. The third kappa shape index (κ3) is 6.79. The van der Waals surface area contributed by atoms with Crippen LogP contribution in [-0.4, -0.2) is 4.57 Å². The fourth-order valence-corrected chi connectivity index (χ4v) is 11.5. The summed E-state index contributed by atoms with van der Waals surface area (Å²) >= 11 is 0. The topological polar surface area (TPSA) is 8.17 Å². The van der Waals surface area contributed by atoms with Gasteiger partial charge in [0.05, 0.1) is 22.5 Å². The van der Waals surface area contributed by atoms with Gasteiger partial charge in [0.1, 0.15) is 0 Å². The number of fused-ring (bicyclic) bond motifs is 6. The van der Waals surface area contributed by atoms with Gasteiger partial charge in [0.2, 0.25) is 0 Å². The summed E-state index contributed by atoms with van der Waals surface area (Å²) in [4.78, 5) is 2.56. The molecule has 1 heterocycles. The SMILES string of the molecule is c1ccc(-c2ccc(N(c3ccc4c(c3)C(c3ccccc3)(c3ccccc3)c3ccccc3-4)C(c3ccccc3)c3ccc(-c4ccc5c(c4)c4ccccc4n5-c4ccccc4)cc3)cc2)cc1. The van der Waals surface area contributed by atoms with Crippen LogP contribution in [-0.2, 0) is 5.41 Å². The van der Waals surface area contributed by atoms with Crippen LogP contribution < -0.4 is 4.90 Å². The van der Waals surface area contributed by atoms with E-state index in [0.717, 1.165) is 17.1 Å². The summed E-state index contributed by atoms with van der Waals surface area (Å²) in [5.74, 6) is 0. The highest BCUT2D eigenvalue weighted by Crippen LogP contribution is 2.57. The highest BCUT2D eigenvalue weighted by atomic mass is 15.2. The van der Waals surface area contributed by atoms with Crippen molar-refractivity contribution in [2.45, 2.75) is 11.5 Å². The first kappa shape index (κ1) is 41.2. The van der Waals surface area contributed by atoms with Crippen molar-refractivity contribution >= 4 is 33.2 Å². The fraction of sp³-hybridized carbons (Fsp3) is 0.0294. The van der Waals surface area contributed by atoms with Crippen LogP contribution in [0, 0.1) is 0 Å². The lowest BCUT2D eigenvalue weighted by Gasteiger charge is -2.37. The minimum absolute atomic E-state index is 0.172. The van der Waals surface area contributed by atoms with E-state index in [1.54, 1.807) is 0 Å². The maximum atomic E-state index is 2.56. The van der Waals surface area contributed by atoms with E-state index in [1.165, 1.54) is 88.6 Å². The molecule has 2 nitrogen and oxygen atoms in total. The second-order valence-corrected chi connectivity index (χ2v) is 18.4. The monoisotopic (exact) mass is 892 g/mol. The molecular weight excluding hydrogens is 845 g/mol. The predicted octanol–water partition coefficient (Wildman–Crippen LogP) is 17.4. The molecule has 1 aliphatic rings. The van der Waals surface area contributed by atoms with E-state index in [-0.39, 0.29) is 6.04 Å². The molecule has 11 aromatic carbocycles. The lowest BCUT2D eigenvalue weighted by atomic mass is 9.67. The van der Waals surface area contributed by atoms with Crippen molar-refractivity contribution in [3.05, 3.63) is 318 Å². The Morgan fingerprint density at radius 3 is 1.50 bits per heavy atom. The Morgan fingerprint density at radius 1 is 0.314 bits per heavy atom. The normalized spacial score (nSPS) is 12.9. The van der Waals surface area contributed by atoms with Crippen molar-refractivity contribution < 1.29 is 0 Å². The Kier molecular flexibility index (Phi) is 10.2. The summed E-state index contributed by atoms with van der Waals surface area (Å²) in [5.41, 5.74) is 20.0. The molecule has 0 N–H and O–H groups in total. The quantitative estimate of drug-likeness (QED) is 0.133. The van der Waals surface area contributed by atoms with Gasteiger partial charge in [-0.15, -0.1) is 0 Å². The molecule has 1 unspecified atom stereocenters. The van der Waals surface area contributed by atoms with Crippen molar-refractivity contribution in [3.8, 4) is 39.1 Å². The van der Waals surface area contributed by atoms with Crippen molar-refractivity contribution in [1.82, 2.24) is 4.57 Å². The van der Waals surface area contributed by atoms with Crippen LogP contribution in [0.25, 0.3) is 60.9 Å². The Balaban J connectivity index is 0.992. The van der Waals surface area contributed by atoms with Gasteiger partial charge < -0.3 is 9.47 Å². The number of benzene rings is 11. The van der Waals surface area contributed by atoms with Gasteiger partial charge in [0.25, 0.3) is 0 Å². The molecule has 0 amide bonds. The Labute approximate surface area is 409 Å². The third-order valence-corrected chi connectivity index (χ3v) is 14.6. The maximum absolute atomic E-state index is 2.56. The highest BCUT2D eigenvalue weighted by Gasteiger charge is 2.46. The second-order valence-electron chi connectivity index (χ2n) is 18.4. The van der Waals surface area contributed by atoms with Gasteiger partial charge in [-0.05, 0) is 121 Å². The Hall–Kier alpha value is -8.98. The maximum Gasteiger partial charge on any atom is 0.0844 e. The van der Waals surface area contributed by atoms with Gasteiger partial charge >= 0.3 is 0 Å². The largest absolute Gasteiger partial charge is 0.330 e. The van der Waals surface area contributed by atoms with E-state index < -0.39 is 5.41 Å². The Bertz CT molecular complexity index is 3750. The number of hydrogen-bond donors (Lipinski definition) is 0. The zero-order valence-corrected chi connectivity index (χ0v) is 38.6. The predicted molar refractivity (Wildman–Crippen MR) is 292 cm³/mol. The molecule has 12 aromatic rings. The van der Waals surface area contributed by atoms with Gasteiger partial charge in [0, 0.05) is 27.8 Å². The zero-order chi connectivity index (χ0) is 46.4. The fourth-order valence-electron chi connectivity index (χ4n) is 11.5. The molecule has 1 aromatic heterocycles. The molecule has 70 heavy (non-hydrogen) atoms. The molecule has 0 aliphatic heterocycles. The molecule has 0 bridgehead atoms. The van der Waals surface area contributed by atoms with Crippen LogP contribution in [0.2, 0.25) is 0 Å².